The van der Waals surface area contributed by atoms with E-state index in [2.05, 4.69) is 60.9 Å². The van der Waals surface area contributed by atoms with Crippen LogP contribution in [0, 0.1) is 0 Å². The molecular formula is C46H80NO12P. The molecule has 0 bridgehead atoms. The predicted molar refractivity (Wildman–Crippen MR) is 238 cm³/mol. The Morgan fingerprint density at radius 2 is 1.05 bits per heavy atom. The van der Waals surface area contributed by atoms with Gasteiger partial charge in [0.25, 0.3) is 0 Å². The Bertz CT molecular complexity index is 1280. The fraction of sp³-hybridized carbons (Fsp3) is 0.717. The Kier molecular flexibility index (Phi) is 38.2. The molecule has 14 heteroatoms. The van der Waals surface area contributed by atoms with Gasteiger partial charge in [-0.3, -0.25) is 23.4 Å². The number of carboxylic acid groups (broad SMARTS) is 1. The monoisotopic (exact) mass is 870 g/mol. The molecule has 0 aromatic carbocycles. The average Bonchev–Trinajstić information content (AvgIpc) is 3.22. The number of hydrogen-bond donors (Lipinski definition) is 5. The van der Waals surface area contributed by atoms with Crippen molar-refractivity contribution in [2.45, 2.75) is 192 Å². The molecule has 0 aliphatic rings. The molecule has 0 amide bonds. The summed E-state index contributed by atoms with van der Waals surface area (Å²) in [4.78, 5) is 46.1. The second-order valence-electron chi connectivity index (χ2n) is 15.1. The Morgan fingerprint density at radius 3 is 1.60 bits per heavy atom. The van der Waals surface area contributed by atoms with Gasteiger partial charge in [0.05, 0.1) is 25.4 Å². The van der Waals surface area contributed by atoms with Crippen molar-refractivity contribution in [2.24, 2.45) is 5.73 Å². The predicted octanol–water partition coefficient (Wildman–Crippen LogP) is 9.89. The van der Waals surface area contributed by atoms with Crippen LogP contribution < -0.4 is 5.73 Å². The standard InChI is InChI=1S/C46H80NO12P/c1-3-5-7-9-11-13-15-17-18-19-20-21-23-25-27-29-31-35-45(51)59-40(38-57-60(54,55)58-39-41(47)46(52)53)37-56-44(50)36-32-34-43(49)42(48)33-30-28-26-24-22-16-14-12-10-8-6-4-2/h11-14,17-18,22,24,28,30,40-43,48-49H,3-10,15-16,19-21,23,25-27,29,31-39,47H2,1-2H3,(H,52,53)(H,54,55)/b13-11-,14-12-,18-17-,24-22-,30-28-/t40-,41+,42?,43?/m1/s1. The van der Waals surface area contributed by atoms with Crippen LogP contribution >= 0.6 is 7.82 Å². The van der Waals surface area contributed by atoms with Gasteiger partial charge in [-0.1, -0.05) is 132 Å². The van der Waals surface area contributed by atoms with E-state index in [1.165, 1.54) is 38.5 Å². The molecule has 0 heterocycles. The van der Waals surface area contributed by atoms with E-state index in [0.29, 0.717) is 6.42 Å². The van der Waals surface area contributed by atoms with Gasteiger partial charge in [-0.05, 0) is 83.5 Å². The second kappa shape index (κ2) is 40.2. The number of rotatable bonds is 41. The molecular weight excluding hydrogens is 789 g/mol. The van der Waals surface area contributed by atoms with Crippen LogP contribution in [0.2, 0.25) is 0 Å². The van der Waals surface area contributed by atoms with Gasteiger partial charge < -0.3 is 35.4 Å². The minimum atomic E-state index is -4.79. The summed E-state index contributed by atoms with van der Waals surface area (Å²) in [6.45, 7) is 2.44. The summed E-state index contributed by atoms with van der Waals surface area (Å²) in [5, 5.41) is 29.6. The van der Waals surface area contributed by atoms with Crippen molar-refractivity contribution in [3.63, 3.8) is 0 Å². The Morgan fingerprint density at radius 1 is 0.583 bits per heavy atom. The molecule has 5 atom stereocenters. The minimum absolute atomic E-state index is 0.0893. The van der Waals surface area contributed by atoms with Gasteiger partial charge in [-0.15, -0.1) is 0 Å². The first-order chi connectivity index (χ1) is 28.9. The zero-order valence-electron chi connectivity index (χ0n) is 36.8. The SMILES string of the molecule is CCCCC/C=C\C/C=C\C/C=C\CC(O)C(O)CCCC(=O)OC[C@H](COP(=O)(O)OC[C@H](N)C(=O)O)OC(=O)CCCCCCCCC/C=C\C/C=C\CCCCC. The molecule has 0 spiro atoms. The maximum Gasteiger partial charge on any atom is 0.472 e. The highest BCUT2D eigenvalue weighted by molar-refractivity contribution is 7.47. The number of esters is 2. The van der Waals surface area contributed by atoms with Crippen molar-refractivity contribution in [1.82, 2.24) is 0 Å². The molecule has 0 fully saturated rings. The van der Waals surface area contributed by atoms with Gasteiger partial charge >= 0.3 is 25.7 Å². The van der Waals surface area contributed by atoms with E-state index in [1.807, 2.05) is 18.2 Å². The lowest BCUT2D eigenvalue weighted by Crippen LogP contribution is -2.34. The smallest absolute Gasteiger partial charge is 0.472 e. The first kappa shape index (κ1) is 57.1. The van der Waals surface area contributed by atoms with Crippen molar-refractivity contribution in [2.75, 3.05) is 19.8 Å². The molecule has 3 unspecified atom stereocenters. The number of aliphatic hydroxyl groups excluding tert-OH is 2. The maximum atomic E-state index is 12.7. The normalized spacial score (nSPS) is 15.3. The highest BCUT2D eigenvalue weighted by Crippen LogP contribution is 2.43. The van der Waals surface area contributed by atoms with Crippen LogP contribution in [0.5, 0.6) is 0 Å². The second-order valence-corrected chi connectivity index (χ2v) is 16.6. The van der Waals surface area contributed by atoms with Gasteiger partial charge in [-0.2, -0.15) is 0 Å². The van der Waals surface area contributed by atoms with Crippen molar-refractivity contribution >= 4 is 25.7 Å². The molecule has 6 N–H and O–H groups in total. The summed E-state index contributed by atoms with van der Waals surface area (Å²) >= 11 is 0. The number of carbonyl (C=O) groups excluding carboxylic acids is 2. The van der Waals surface area contributed by atoms with E-state index >= 15 is 0 Å². The molecule has 13 nitrogen and oxygen atoms in total. The van der Waals surface area contributed by atoms with Gasteiger partial charge in [0.15, 0.2) is 6.10 Å². The minimum Gasteiger partial charge on any atom is -0.480 e. The Hall–Kier alpha value is -2.90. The first-order valence-electron chi connectivity index (χ1n) is 22.5. The molecule has 0 aliphatic heterocycles. The Balaban J connectivity index is 4.60. The number of ether oxygens (including phenoxy) is 2. The van der Waals surface area contributed by atoms with Crippen molar-refractivity contribution in [3.8, 4) is 0 Å². The molecule has 60 heavy (non-hydrogen) atoms. The van der Waals surface area contributed by atoms with Gasteiger partial charge in [0, 0.05) is 12.8 Å². The van der Waals surface area contributed by atoms with E-state index in [0.717, 1.165) is 77.0 Å². The third-order valence-electron chi connectivity index (χ3n) is 9.44. The Labute approximate surface area is 361 Å². The number of aliphatic carboxylic acids is 1. The van der Waals surface area contributed by atoms with E-state index in [1.54, 1.807) is 0 Å². The summed E-state index contributed by atoms with van der Waals surface area (Å²) in [6, 6.07) is -1.57. The van der Waals surface area contributed by atoms with Crippen LogP contribution in [0.25, 0.3) is 0 Å². The molecule has 0 saturated carbocycles. The third-order valence-corrected chi connectivity index (χ3v) is 10.4. The fourth-order valence-corrected chi connectivity index (χ4v) is 6.50. The topological polar surface area (TPSA) is 212 Å². The van der Waals surface area contributed by atoms with E-state index in [9.17, 15) is 34.1 Å². The molecule has 0 saturated heterocycles. The number of carboxylic acids is 1. The number of phosphoric acid groups is 1. The van der Waals surface area contributed by atoms with Crippen LogP contribution in [0.3, 0.4) is 0 Å². The maximum absolute atomic E-state index is 12.7. The third kappa shape index (κ3) is 38.1. The van der Waals surface area contributed by atoms with Gasteiger partial charge in [0.1, 0.15) is 12.6 Å². The van der Waals surface area contributed by atoms with Crippen molar-refractivity contribution in [3.05, 3.63) is 60.8 Å². The van der Waals surface area contributed by atoms with Gasteiger partial charge in [0.2, 0.25) is 0 Å². The summed E-state index contributed by atoms with van der Waals surface area (Å²) in [5.74, 6) is -2.71. The molecule has 0 radical (unpaired) electrons. The molecule has 0 aromatic heterocycles. The van der Waals surface area contributed by atoms with Crippen LogP contribution in [0.4, 0.5) is 0 Å². The molecule has 0 aromatic rings. The largest absolute Gasteiger partial charge is 0.480 e. The number of nitrogens with two attached hydrogens (primary N) is 1. The zero-order chi connectivity index (χ0) is 44.5. The summed E-state index contributed by atoms with van der Waals surface area (Å²) in [7, 11) is -4.79. The summed E-state index contributed by atoms with van der Waals surface area (Å²) in [5.41, 5.74) is 5.32. The van der Waals surface area contributed by atoms with Crippen LogP contribution in [0.1, 0.15) is 168 Å². The van der Waals surface area contributed by atoms with E-state index < -0.39 is 69.9 Å². The van der Waals surface area contributed by atoms with Gasteiger partial charge in [-0.25, -0.2) is 4.57 Å². The molecule has 346 valence electrons. The fourth-order valence-electron chi connectivity index (χ4n) is 5.73. The highest BCUT2D eigenvalue weighted by Gasteiger charge is 2.28. The van der Waals surface area contributed by atoms with Crippen molar-refractivity contribution in [1.29, 1.82) is 0 Å². The lowest BCUT2D eigenvalue weighted by atomic mass is 10.0. The first-order valence-corrected chi connectivity index (χ1v) is 24.0. The van der Waals surface area contributed by atoms with Crippen molar-refractivity contribution < 1.29 is 57.7 Å². The van der Waals surface area contributed by atoms with Crippen LogP contribution in [-0.2, 0) is 37.5 Å². The lowest BCUT2D eigenvalue weighted by Gasteiger charge is -2.20. The number of carbonyl (C=O) groups is 3. The number of aliphatic hydroxyl groups is 2. The lowest BCUT2D eigenvalue weighted by molar-refractivity contribution is -0.161. The molecule has 0 aliphatic carbocycles. The van der Waals surface area contributed by atoms with E-state index in [4.69, 9.17) is 24.8 Å². The number of allylic oxidation sites excluding steroid dienone is 9. The van der Waals surface area contributed by atoms with Crippen LogP contribution in [0.15, 0.2) is 60.8 Å². The highest BCUT2D eigenvalue weighted by atomic mass is 31.2. The summed E-state index contributed by atoms with van der Waals surface area (Å²) < 4.78 is 32.5. The average molecular weight is 870 g/mol. The zero-order valence-corrected chi connectivity index (χ0v) is 37.6. The number of unbranched alkanes of at least 4 members (excludes halogenated alkanes) is 13. The van der Waals surface area contributed by atoms with E-state index in [-0.39, 0.29) is 32.1 Å². The van der Waals surface area contributed by atoms with Crippen LogP contribution in [-0.4, -0.2) is 82.3 Å². The summed E-state index contributed by atoms with van der Waals surface area (Å²) in [6.07, 6.45) is 38.8. The molecule has 0 rings (SSSR count). The number of hydrogen-bond acceptors (Lipinski definition) is 11. The number of phosphoric ester groups is 1. The quantitative estimate of drug-likeness (QED) is 0.0168.